The fourth-order valence-electron chi connectivity index (χ4n) is 3.40. The lowest BCUT2D eigenvalue weighted by atomic mass is 9.83. The van der Waals surface area contributed by atoms with Gasteiger partial charge in [-0.1, -0.05) is 76.3 Å². The Morgan fingerprint density at radius 3 is 2.05 bits per heavy atom. The topological polar surface area (TPSA) is 12.0 Å². The van der Waals surface area contributed by atoms with Gasteiger partial charge in [0.05, 0.1) is 0 Å². The van der Waals surface area contributed by atoms with Gasteiger partial charge in [0.15, 0.2) is 0 Å². The van der Waals surface area contributed by atoms with Crippen molar-refractivity contribution in [2.45, 2.75) is 58.4 Å². The van der Waals surface area contributed by atoms with Crippen LogP contribution in [-0.2, 0) is 18.4 Å². The van der Waals surface area contributed by atoms with Crippen LogP contribution in [0, 0.1) is 12.8 Å². The first-order valence-corrected chi connectivity index (χ1v) is 9.84. The highest BCUT2D eigenvalue weighted by Gasteiger charge is 2.63. The van der Waals surface area contributed by atoms with Crippen LogP contribution in [0.3, 0.4) is 0 Å². The lowest BCUT2D eigenvalue weighted by Gasteiger charge is -2.66. The minimum absolute atomic E-state index is 0.260. The molecule has 0 aromatic heterocycles. The fraction of sp³-hybridized carbons (Fsp3) is 0.625. The number of benzene rings is 1. The summed E-state index contributed by atoms with van der Waals surface area (Å²) in [5.41, 5.74) is 2.64. The molecule has 1 fully saturated rings. The quantitative estimate of drug-likeness (QED) is 0.812. The van der Waals surface area contributed by atoms with Gasteiger partial charge < -0.3 is 0 Å². The number of hydrogen-bond donors (Lipinski definition) is 1. The first-order valence-electron chi connectivity index (χ1n) is 7.04. The van der Waals surface area contributed by atoms with E-state index in [1.807, 2.05) is 0 Å². The number of rotatable bonds is 3. The second-order valence-corrected chi connectivity index (χ2v) is 12.4. The summed E-state index contributed by atoms with van der Waals surface area (Å²) in [6, 6.07) is 8.75. The Kier molecular flexibility index (Phi) is 3.75. The van der Waals surface area contributed by atoms with Crippen LogP contribution in [-0.4, -0.2) is 10.3 Å². The van der Waals surface area contributed by atoms with E-state index in [1.165, 1.54) is 11.1 Å². The van der Waals surface area contributed by atoms with Crippen molar-refractivity contribution in [3.63, 3.8) is 0 Å². The summed E-state index contributed by atoms with van der Waals surface area (Å²) in [5.74, 6) is 0.677. The predicted octanol–water partition coefficient (Wildman–Crippen LogP) is 4.69. The molecule has 0 radical (unpaired) electrons. The standard InChI is InChI=1S/C16H26NPS/c1-12-7-9-14(10-8-12)11-17-18(19)15(3,4)13(2)16(18,5)6/h7-10,13H,11H2,1-6H3,(H,17,19). The van der Waals surface area contributed by atoms with Gasteiger partial charge in [-0.2, -0.15) is 0 Å². The summed E-state index contributed by atoms with van der Waals surface area (Å²) >= 11 is 6.11. The monoisotopic (exact) mass is 295 g/mol. The van der Waals surface area contributed by atoms with E-state index in [1.54, 1.807) is 0 Å². The summed E-state index contributed by atoms with van der Waals surface area (Å²) in [5, 5.41) is 4.29. The van der Waals surface area contributed by atoms with E-state index in [4.69, 9.17) is 11.8 Å². The second-order valence-electron chi connectivity index (χ2n) is 6.96. The average molecular weight is 295 g/mol. The van der Waals surface area contributed by atoms with E-state index in [9.17, 15) is 0 Å². The third-order valence-corrected chi connectivity index (χ3v) is 13.2. The maximum atomic E-state index is 6.11. The molecule has 1 aliphatic heterocycles. The molecule has 1 N–H and O–H groups in total. The molecule has 1 nitrogen and oxygen atoms in total. The number of aryl methyl sites for hydroxylation is 1. The second kappa shape index (κ2) is 4.69. The van der Waals surface area contributed by atoms with Gasteiger partial charge in [0.1, 0.15) is 0 Å². The Balaban J connectivity index is 2.15. The normalized spacial score (nSPS) is 31.8. The van der Waals surface area contributed by atoms with Gasteiger partial charge in [-0.05, 0) is 18.4 Å². The highest BCUT2D eigenvalue weighted by molar-refractivity contribution is 8.15. The van der Waals surface area contributed by atoms with Gasteiger partial charge in [0.2, 0.25) is 0 Å². The van der Waals surface area contributed by atoms with Crippen molar-refractivity contribution in [1.29, 1.82) is 0 Å². The number of nitrogens with one attached hydrogen (secondary N) is 1. The Morgan fingerprint density at radius 1 is 1.11 bits per heavy atom. The fourth-order valence-corrected chi connectivity index (χ4v) is 8.78. The highest BCUT2D eigenvalue weighted by Crippen LogP contribution is 2.79. The first-order chi connectivity index (χ1) is 8.63. The molecule has 1 aromatic rings. The molecule has 0 atom stereocenters. The smallest absolute Gasteiger partial charge is 0.0248 e. The molecule has 1 aliphatic rings. The van der Waals surface area contributed by atoms with Gasteiger partial charge in [0, 0.05) is 23.0 Å². The van der Waals surface area contributed by atoms with Gasteiger partial charge >= 0.3 is 0 Å². The van der Waals surface area contributed by atoms with Crippen molar-refractivity contribution in [1.82, 2.24) is 5.09 Å². The summed E-state index contributed by atoms with van der Waals surface area (Å²) in [6.45, 7) is 14.7. The molecule has 0 unspecified atom stereocenters. The summed E-state index contributed by atoms with van der Waals surface area (Å²) in [7, 11) is 0. The molecular formula is C16H26NPS. The van der Waals surface area contributed by atoms with Crippen LogP contribution in [0.2, 0.25) is 0 Å². The van der Waals surface area contributed by atoms with E-state index in [2.05, 4.69) is 70.9 Å². The third-order valence-electron chi connectivity index (χ3n) is 5.37. The lowest BCUT2D eigenvalue weighted by Crippen LogP contribution is -2.60. The van der Waals surface area contributed by atoms with Crippen molar-refractivity contribution >= 4 is 18.0 Å². The lowest BCUT2D eigenvalue weighted by molar-refractivity contribution is 0.296. The van der Waals surface area contributed by atoms with E-state index >= 15 is 0 Å². The molecule has 1 aromatic carbocycles. The largest absolute Gasteiger partial charge is 0.283 e. The molecule has 0 amide bonds. The Morgan fingerprint density at radius 2 is 1.58 bits per heavy atom. The zero-order chi connectivity index (χ0) is 14.5. The predicted molar refractivity (Wildman–Crippen MR) is 89.6 cm³/mol. The third kappa shape index (κ3) is 2.13. The molecule has 0 spiro atoms. The first kappa shape index (κ1) is 15.2. The Labute approximate surface area is 123 Å². The molecule has 2 rings (SSSR count). The van der Waals surface area contributed by atoms with Crippen molar-refractivity contribution in [3.05, 3.63) is 35.4 Å². The van der Waals surface area contributed by atoms with Crippen molar-refractivity contribution in [3.8, 4) is 0 Å². The summed E-state index contributed by atoms with van der Waals surface area (Å²) < 4.78 is 0. The van der Waals surface area contributed by atoms with Gasteiger partial charge in [-0.3, -0.25) is 5.09 Å². The van der Waals surface area contributed by atoms with E-state index in [-0.39, 0.29) is 10.3 Å². The van der Waals surface area contributed by atoms with Crippen LogP contribution in [0.15, 0.2) is 24.3 Å². The van der Waals surface area contributed by atoms with Crippen LogP contribution < -0.4 is 5.09 Å². The van der Waals surface area contributed by atoms with Gasteiger partial charge in [0.25, 0.3) is 0 Å². The summed E-state index contributed by atoms with van der Waals surface area (Å²) in [6.07, 6.45) is -1.55. The number of hydrogen-bond acceptors (Lipinski definition) is 1. The van der Waals surface area contributed by atoms with Crippen LogP contribution >= 0.6 is 6.19 Å². The van der Waals surface area contributed by atoms with Crippen LogP contribution in [0.4, 0.5) is 0 Å². The molecule has 1 heterocycles. The maximum absolute atomic E-state index is 6.11. The van der Waals surface area contributed by atoms with Crippen LogP contribution in [0.1, 0.15) is 45.7 Å². The van der Waals surface area contributed by atoms with Gasteiger partial charge in [-0.15, -0.1) is 0 Å². The molecule has 106 valence electrons. The molecule has 0 aliphatic carbocycles. The maximum Gasteiger partial charge on any atom is 0.0248 e. The van der Waals surface area contributed by atoms with Gasteiger partial charge in [-0.25, -0.2) is 0 Å². The highest BCUT2D eigenvalue weighted by atomic mass is 32.4. The van der Waals surface area contributed by atoms with E-state index in [0.717, 1.165) is 6.54 Å². The minimum atomic E-state index is -1.55. The average Bonchev–Trinajstić information content (AvgIpc) is 2.36. The molecule has 0 saturated carbocycles. The van der Waals surface area contributed by atoms with Crippen molar-refractivity contribution in [2.24, 2.45) is 5.92 Å². The van der Waals surface area contributed by atoms with Crippen LogP contribution in [0.5, 0.6) is 0 Å². The SMILES string of the molecule is Cc1ccc(CNP2(=S)C(C)(C)C(C)C2(C)C)cc1. The Bertz CT molecular complexity index is 496. The molecule has 3 heteroatoms. The summed E-state index contributed by atoms with van der Waals surface area (Å²) in [4.78, 5) is 0. The van der Waals surface area contributed by atoms with E-state index in [0.29, 0.717) is 5.92 Å². The Hall–Kier alpha value is -0.170. The van der Waals surface area contributed by atoms with E-state index < -0.39 is 6.19 Å². The van der Waals surface area contributed by atoms with Crippen molar-refractivity contribution < 1.29 is 0 Å². The van der Waals surface area contributed by atoms with Crippen molar-refractivity contribution in [2.75, 3.05) is 0 Å². The molecule has 19 heavy (non-hydrogen) atoms. The molecule has 0 bridgehead atoms. The minimum Gasteiger partial charge on any atom is -0.283 e. The van der Waals surface area contributed by atoms with Crippen LogP contribution in [0.25, 0.3) is 0 Å². The molecule has 1 saturated heterocycles. The molecular weight excluding hydrogens is 269 g/mol. The zero-order valence-corrected chi connectivity index (χ0v) is 14.7. The zero-order valence-electron chi connectivity index (χ0n) is 12.9.